The lowest BCUT2D eigenvalue weighted by Gasteiger charge is -2.14. The molecule has 1 aliphatic carbocycles. The number of rotatable bonds is 0. The Morgan fingerprint density at radius 3 is 3.18 bits per heavy atom. The van der Waals surface area contributed by atoms with Crippen LogP contribution in [0.5, 0.6) is 0 Å². The Labute approximate surface area is 64.7 Å². The normalized spacial score (nSPS) is 52.9. The lowest BCUT2D eigenvalue weighted by Crippen LogP contribution is -2.30. The molecular formula is C8H10O3. The van der Waals surface area contributed by atoms with Crippen molar-refractivity contribution in [2.75, 3.05) is 6.61 Å². The van der Waals surface area contributed by atoms with Crippen molar-refractivity contribution in [2.45, 2.75) is 31.0 Å². The molecule has 0 aromatic carbocycles. The monoisotopic (exact) mass is 154 g/mol. The largest absolute Gasteiger partial charge is 0.462 e. The summed E-state index contributed by atoms with van der Waals surface area (Å²) in [5.41, 5.74) is -0.144. The summed E-state index contributed by atoms with van der Waals surface area (Å²) in [6.45, 7) is 0.515. The van der Waals surface area contributed by atoms with Crippen LogP contribution >= 0.6 is 0 Å². The van der Waals surface area contributed by atoms with E-state index in [-0.39, 0.29) is 17.5 Å². The topological polar surface area (TPSA) is 38.8 Å². The van der Waals surface area contributed by atoms with Crippen molar-refractivity contribution >= 4 is 5.97 Å². The van der Waals surface area contributed by atoms with Crippen molar-refractivity contribution in [3.63, 3.8) is 0 Å². The molecule has 0 radical (unpaired) electrons. The van der Waals surface area contributed by atoms with Gasteiger partial charge in [0.1, 0.15) is 12.2 Å². The molecule has 3 heteroatoms. The van der Waals surface area contributed by atoms with Gasteiger partial charge in [-0.25, -0.2) is 0 Å². The highest BCUT2D eigenvalue weighted by Crippen LogP contribution is 2.54. The Hall–Kier alpha value is -0.570. The molecule has 11 heavy (non-hydrogen) atoms. The number of hydrogen-bond donors (Lipinski definition) is 0. The number of cyclic esters (lactones) is 1. The second-order valence-corrected chi connectivity index (χ2v) is 3.65. The first-order valence-electron chi connectivity index (χ1n) is 4.17. The zero-order chi connectivity index (χ0) is 7.47. The summed E-state index contributed by atoms with van der Waals surface area (Å²) in [7, 11) is 0. The zero-order valence-corrected chi connectivity index (χ0v) is 6.21. The third kappa shape index (κ3) is 0.562. The molecule has 3 unspecified atom stereocenters. The lowest BCUT2D eigenvalue weighted by molar-refractivity contribution is -0.141. The van der Waals surface area contributed by atoms with E-state index < -0.39 is 0 Å². The fourth-order valence-electron chi connectivity index (χ4n) is 2.42. The summed E-state index contributed by atoms with van der Waals surface area (Å²) < 4.78 is 10.5. The number of esters is 1. The van der Waals surface area contributed by atoms with E-state index in [1.807, 2.05) is 0 Å². The minimum absolute atomic E-state index is 0.0350. The molecule has 3 aliphatic rings. The van der Waals surface area contributed by atoms with Crippen LogP contribution in [-0.2, 0) is 14.3 Å². The summed E-state index contributed by atoms with van der Waals surface area (Å²) in [5.74, 6) is 0.0356. The average Bonchev–Trinajstić information content (AvgIpc) is 2.66. The number of epoxide rings is 1. The molecule has 3 atom stereocenters. The standard InChI is InChI=1S/C8H10O3/c9-7-5-2-1-3-6-8(5,11-6)4-10-7/h5-6H,1-4H2. The highest BCUT2D eigenvalue weighted by atomic mass is 16.7. The van der Waals surface area contributed by atoms with E-state index >= 15 is 0 Å². The SMILES string of the molecule is O=C1OCC23OC2CCCC13. The van der Waals surface area contributed by atoms with Crippen LogP contribution in [0.4, 0.5) is 0 Å². The second kappa shape index (κ2) is 1.61. The molecule has 3 nitrogen and oxygen atoms in total. The van der Waals surface area contributed by atoms with E-state index in [9.17, 15) is 4.79 Å². The molecule has 0 aromatic heterocycles. The van der Waals surface area contributed by atoms with Gasteiger partial charge in [0.25, 0.3) is 0 Å². The third-order valence-electron chi connectivity index (χ3n) is 3.12. The molecule has 1 spiro atoms. The van der Waals surface area contributed by atoms with E-state index in [2.05, 4.69) is 0 Å². The number of hydrogen-bond acceptors (Lipinski definition) is 3. The summed E-state index contributed by atoms with van der Waals surface area (Å²) in [5, 5.41) is 0. The van der Waals surface area contributed by atoms with Crippen molar-refractivity contribution in [1.29, 1.82) is 0 Å². The molecule has 2 aliphatic heterocycles. The highest BCUT2D eigenvalue weighted by Gasteiger charge is 2.69. The van der Waals surface area contributed by atoms with E-state index in [0.717, 1.165) is 19.3 Å². The molecule has 0 amide bonds. The van der Waals surface area contributed by atoms with Crippen LogP contribution in [0, 0.1) is 5.92 Å². The van der Waals surface area contributed by atoms with Crippen LogP contribution in [0.25, 0.3) is 0 Å². The van der Waals surface area contributed by atoms with E-state index in [0.29, 0.717) is 12.7 Å². The summed E-state index contributed by atoms with van der Waals surface area (Å²) in [6.07, 6.45) is 3.54. The van der Waals surface area contributed by atoms with Gasteiger partial charge < -0.3 is 9.47 Å². The molecular weight excluding hydrogens is 144 g/mol. The van der Waals surface area contributed by atoms with Gasteiger partial charge in [0.2, 0.25) is 0 Å². The van der Waals surface area contributed by atoms with Crippen LogP contribution in [-0.4, -0.2) is 24.3 Å². The zero-order valence-electron chi connectivity index (χ0n) is 6.21. The van der Waals surface area contributed by atoms with Crippen LogP contribution in [0.2, 0.25) is 0 Å². The van der Waals surface area contributed by atoms with Crippen LogP contribution in [0.3, 0.4) is 0 Å². The summed E-state index contributed by atoms with van der Waals surface area (Å²) in [6, 6.07) is 0. The quantitative estimate of drug-likeness (QED) is 0.376. The van der Waals surface area contributed by atoms with Crippen molar-refractivity contribution in [1.82, 2.24) is 0 Å². The molecule has 60 valence electrons. The number of carbonyl (C=O) groups is 1. The average molecular weight is 154 g/mol. The molecule has 2 saturated heterocycles. The predicted molar refractivity (Wildman–Crippen MR) is 35.9 cm³/mol. The Balaban J connectivity index is 1.96. The van der Waals surface area contributed by atoms with Crippen molar-refractivity contribution in [3.8, 4) is 0 Å². The molecule has 0 aromatic rings. The molecule has 0 N–H and O–H groups in total. The predicted octanol–water partition coefficient (Wildman–Crippen LogP) is 0.481. The van der Waals surface area contributed by atoms with Crippen LogP contribution in [0.1, 0.15) is 19.3 Å². The number of carbonyl (C=O) groups excluding carboxylic acids is 1. The van der Waals surface area contributed by atoms with Crippen LogP contribution < -0.4 is 0 Å². The van der Waals surface area contributed by atoms with Gasteiger partial charge in [0.05, 0.1) is 12.0 Å². The Kier molecular flexibility index (Phi) is 0.876. The minimum atomic E-state index is -0.144. The Morgan fingerprint density at radius 1 is 1.45 bits per heavy atom. The fourth-order valence-corrected chi connectivity index (χ4v) is 2.42. The van der Waals surface area contributed by atoms with Gasteiger partial charge in [0.15, 0.2) is 0 Å². The van der Waals surface area contributed by atoms with Crippen molar-refractivity contribution in [2.24, 2.45) is 5.92 Å². The first-order valence-corrected chi connectivity index (χ1v) is 4.17. The van der Waals surface area contributed by atoms with Gasteiger partial charge in [-0.05, 0) is 19.3 Å². The summed E-state index contributed by atoms with van der Waals surface area (Å²) in [4.78, 5) is 11.1. The second-order valence-electron chi connectivity index (χ2n) is 3.65. The van der Waals surface area contributed by atoms with E-state index in [1.165, 1.54) is 0 Å². The van der Waals surface area contributed by atoms with E-state index in [1.54, 1.807) is 0 Å². The first-order chi connectivity index (χ1) is 5.33. The van der Waals surface area contributed by atoms with Crippen molar-refractivity contribution in [3.05, 3.63) is 0 Å². The molecule has 3 rings (SSSR count). The number of ether oxygens (including phenoxy) is 2. The fraction of sp³-hybridized carbons (Fsp3) is 0.875. The Morgan fingerprint density at radius 2 is 2.36 bits per heavy atom. The third-order valence-corrected chi connectivity index (χ3v) is 3.12. The summed E-state index contributed by atoms with van der Waals surface area (Å²) >= 11 is 0. The maximum atomic E-state index is 11.1. The van der Waals surface area contributed by atoms with Gasteiger partial charge in [-0.3, -0.25) is 4.79 Å². The van der Waals surface area contributed by atoms with Crippen molar-refractivity contribution < 1.29 is 14.3 Å². The molecule has 1 saturated carbocycles. The van der Waals surface area contributed by atoms with Gasteiger partial charge in [-0.2, -0.15) is 0 Å². The molecule has 3 fully saturated rings. The van der Waals surface area contributed by atoms with Gasteiger partial charge in [0, 0.05) is 0 Å². The maximum Gasteiger partial charge on any atom is 0.312 e. The lowest BCUT2D eigenvalue weighted by atomic mass is 9.81. The van der Waals surface area contributed by atoms with Gasteiger partial charge in [-0.1, -0.05) is 0 Å². The van der Waals surface area contributed by atoms with Crippen LogP contribution in [0.15, 0.2) is 0 Å². The molecule has 2 heterocycles. The van der Waals surface area contributed by atoms with Gasteiger partial charge >= 0.3 is 5.97 Å². The smallest absolute Gasteiger partial charge is 0.312 e. The highest BCUT2D eigenvalue weighted by molar-refractivity contribution is 5.77. The van der Waals surface area contributed by atoms with Gasteiger partial charge in [-0.15, -0.1) is 0 Å². The Bertz CT molecular complexity index is 225. The van der Waals surface area contributed by atoms with E-state index in [4.69, 9.17) is 9.47 Å². The molecule has 0 bridgehead atoms. The first kappa shape index (κ1) is 6.00. The minimum Gasteiger partial charge on any atom is -0.462 e. The maximum absolute atomic E-state index is 11.1.